The number of halogens is 1. The number of hydrogen-bond donors (Lipinski definition) is 2. The van der Waals surface area contributed by atoms with Gasteiger partial charge in [-0.15, -0.1) is 0 Å². The minimum absolute atomic E-state index is 0. The molecule has 0 aliphatic carbocycles. The van der Waals surface area contributed by atoms with Gasteiger partial charge >= 0.3 is 0 Å². The van der Waals surface area contributed by atoms with Crippen LogP contribution in [0.1, 0.15) is 78.6 Å². The van der Waals surface area contributed by atoms with Crippen LogP contribution < -0.4 is 12.4 Å². The zero-order valence-electron chi connectivity index (χ0n) is 15.2. The number of nitrogens with zero attached hydrogens (tertiary/aromatic N) is 1. The normalized spacial score (nSPS) is 13.0. The fraction of sp³-hybridized carbons (Fsp3) is 1.00. The van der Waals surface area contributed by atoms with Gasteiger partial charge in [-0.3, -0.25) is 0 Å². The lowest BCUT2D eigenvalue weighted by molar-refractivity contribution is -0.931. The van der Waals surface area contributed by atoms with E-state index in [9.17, 15) is 10.2 Å². The molecular weight excluding hydrogens is 298 g/mol. The molecule has 0 aromatic carbocycles. The predicted octanol–water partition coefficient (Wildman–Crippen LogP) is 0.731. The van der Waals surface area contributed by atoms with E-state index in [1.54, 1.807) is 0 Å². The largest absolute Gasteiger partial charge is 1.00 e. The zero-order chi connectivity index (χ0) is 16.0. The third-order valence-electron chi connectivity index (χ3n) is 4.52. The first kappa shape index (κ1) is 24.4. The van der Waals surface area contributed by atoms with E-state index in [1.165, 1.54) is 77.4 Å². The van der Waals surface area contributed by atoms with Crippen LogP contribution in [0.3, 0.4) is 0 Å². The number of quaternary nitrogens is 1. The number of aliphatic hydroxyl groups excluding tert-OH is 2. The third-order valence-corrected chi connectivity index (χ3v) is 4.52. The van der Waals surface area contributed by atoms with Crippen molar-refractivity contribution in [2.75, 3.05) is 32.8 Å². The lowest BCUT2D eigenvalue weighted by Crippen LogP contribution is -3.00. The molecule has 0 saturated heterocycles. The van der Waals surface area contributed by atoms with Gasteiger partial charge in [-0.1, -0.05) is 40.0 Å². The van der Waals surface area contributed by atoms with E-state index in [1.807, 2.05) is 0 Å². The Morgan fingerprint density at radius 2 is 1.09 bits per heavy atom. The Kier molecular flexibility index (Phi) is 17.8. The van der Waals surface area contributed by atoms with Crippen LogP contribution in [0.2, 0.25) is 0 Å². The Hall–Kier alpha value is 0.170. The molecular formula is C18H40ClNO2. The van der Waals surface area contributed by atoms with Gasteiger partial charge in [-0.25, -0.2) is 0 Å². The molecule has 0 spiro atoms. The third kappa shape index (κ3) is 11.7. The van der Waals surface area contributed by atoms with Crippen LogP contribution in [0, 0.1) is 0 Å². The standard InChI is InChI=1S/C18H40NO2.ClH/c1-4-7-10-13-19(14-11-8-5-2,15-12-9-6-3)16-18(21)17-20;/h18,20-21H,4-17H2,1-3H3;1H/q+1;/p-1. The molecule has 3 nitrogen and oxygen atoms in total. The molecule has 0 heterocycles. The molecule has 0 bridgehead atoms. The summed E-state index contributed by atoms with van der Waals surface area (Å²) >= 11 is 0. The second-order valence-corrected chi connectivity index (χ2v) is 6.65. The van der Waals surface area contributed by atoms with Crippen molar-refractivity contribution >= 4 is 0 Å². The maximum absolute atomic E-state index is 10.00. The van der Waals surface area contributed by atoms with Gasteiger partial charge in [0.2, 0.25) is 0 Å². The summed E-state index contributed by atoms with van der Waals surface area (Å²) < 4.78 is 1.02. The molecule has 136 valence electrons. The summed E-state index contributed by atoms with van der Waals surface area (Å²) in [6.45, 7) is 10.8. The van der Waals surface area contributed by atoms with E-state index < -0.39 is 6.10 Å². The summed E-state index contributed by atoms with van der Waals surface area (Å²) in [5, 5.41) is 19.3. The van der Waals surface area contributed by atoms with Crippen molar-refractivity contribution in [2.45, 2.75) is 84.7 Å². The Bertz CT molecular complexity index is 201. The lowest BCUT2D eigenvalue weighted by Gasteiger charge is -2.40. The van der Waals surface area contributed by atoms with Gasteiger partial charge < -0.3 is 27.1 Å². The van der Waals surface area contributed by atoms with Crippen LogP contribution in [0.15, 0.2) is 0 Å². The van der Waals surface area contributed by atoms with Gasteiger partial charge in [0.25, 0.3) is 0 Å². The van der Waals surface area contributed by atoms with Crippen molar-refractivity contribution in [2.24, 2.45) is 0 Å². The molecule has 2 N–H and O–H groups in total. The minimum atomic E-state index is -0.560. The minimum Gasteiger partial charge on any atom is -1.00 e. The smallest absolute Gasteiger partial charge is 0.126 e. The van der Waals surface area contributed by atoms with Crippen molar-refractivity contribution in [1.29, 1.82) is 0 Å². The van der Waals surface area contributed by atoms with E-state index >= 15 is 0 Å². The van der Waals surface area contributed by atoms with Crippen LogP contribution in [0.4, 0.5) is 0 Å². The molecule has 4 heteroatoms. The van der Waals surface area contributed by atoms with Crippen LogP contribution in [-0.2, 0) is 0 Å². The second kappa shape index (κ2) is 16.0. The summed E-state index contributed by atoms with van der Waals surface area (Å²) in [6, 6.07) is 0. The van der Waals surface area contributed by atoms with Gasteiger partial charge in [-0.2, -0.15) is 0 Å². The molecule has 0 aliphatic rings. The van der Waals surface area contributed by atoms with Crippen LogP contribution in [0.25, 0.3) is 0 Å². The van der Waals surface area contributed by atoms with Gasteiger partial charge in [0.15, 0.2) is 0 Å². The summed E-state index contributed by atoms with van der Waals surface area (Å²) in [5.74, 6) is 0. The molecule has 1 atom stereocenters. The van der Waals surface area contributed by atoms with E-state index in [0.717, 1.165) is 11.0 Å². The average Bonchev–Trinajstić information content (AvgIpc) is 2.48. The molecule has 0 amide bonds. The molecule has 22 heavy (non-hydrogen) atoms. The molecule has 0 aromatic rings. The average molecular weight is 338 g/mol. The topological polar surface area (TPSA) is 40.5 Å². The molecule has 0 aromatic heterocycles. The van der Waals surface area contributed by atoms with Crippen molar-refractivity contribution < 1.29 is 27.1 Å². The highest BCUT2D eigenvalue weighted by Gasteiger charge is 2.28. The highest BCUT2D eigenvalue weighted by atomic mass is 35.5. The lowest BCUT2D eigenvalue weighted by atomic mass is 10.1. The zero-order valence-corrected chi connectivity index (χ0v) is 16.0. The SMILES string of the molecule is CCCCC[N+](CCCCC)(CCCCC)CC(O)CO.[Cl-]. The van der Waals surface area contributed by atoms with Crippen LogP contribution >= 0.6 is 0 Å². The van der Waals surface area contributed by atoms with Crippen molar-refractivity contribution in [3.05, 3.63) is 0 Å². The number of hydrogen-bond acceptors (Lipinski definition) is 2. The Balaban J connectivity index is 0. The van der Waals surface area contributed by atoms with Crippen LogP contribution in [0.5, 0.6) is 0 Å². The summed E-state index contributed by atoms with van der Waals surface area (Å²) in [6.07, 6.45) is 10.7. The van der Waals surface area contributed by atoms with Crippen molar-refractivity contribution in [3.63, 3.8) is 0 Å². The number of rotatable bonds is 15. The summed E-state index contributed by atoms with van der Waals surface area (Å²) in [4.78, 5) is 0. The number of aliphatic hydroxyl groups is 2. The molecule has 0 saturated carbocycles. The van der Waals surface area contributed by atoms with Crippen molar-refractivity contribution in [1.82, 2.24) is 0 Å². The second-order valence-electron chi connectivity index (χ2n) is 6.65. The van der Waals surface area contributed by atoms with Gasteiger partial charge in [0.05, 0.1) is 26.2 Å². The summed E-state index contributed by atoms with van der Waals surface area (Å²) in [5.41, 5.74) is 0. The predicted molar refractivity (Wildman–Crippen MR) is 91.4 cm³/mol. The Morgan fingerprint density at radius 1 is 0.727 bits per heavy atom. The fourth-order valence-electron chi connectivity index (χ4n) is 3.21. The first-order chi connectivity index (χ1) is 10.1. The highest BCUT2D eigenvalue weighted by Crippen LogP contribution is 2.17. The molecule has 0 radical (unpaired) electrons. The first-order valence-corrected chi connectivity index (χ1v) is 9.28. The van der Waals surface area contributed by atoms with E-state index in [-0.39, 0.29) is 19.0 Å². The Morgan fingerprint density at radius 3 is 1.36 bits per heavy atom. The van der Waals surface area contributed by atoms with Gasteiger partial charge in [0, 0.05) is 0 Å². The maximum atomic E-state index is 10.00. The molecule has 0 aliphatic heterocycles. The highest BCUT2D eigenvalue weighted by molar-refractivity contribution is 4.57. The van der Waals surface area contributed by atoms with Gasteiger partial charge in [0.1, 0.15) is 12.6 Å². The quantitative estimate of drug-likeness (QED) is 0.342. The Labute approximate surface area is 145 Å². The molecule has 0 fully saturated rings. The molecule has 1 unspecified atom stereocenters. The van der Waals surface area contributed by atoms with Crippen molar-refractivity contribution in [3.8, 4) is 0 Å². The monoisotopic (exact) mass is 337 g/mol. The van der Waals surface area contributed by atoms with Crippen LogP contribution in [-0.4, -0.2) is 53.6 Å². The fourth-order valence-corrected chi connectivity index (χ4v) is 3.21. The van der Waals surface area contributed by atoms with E-state index in [0.29, 0.717) is 0 Å². The molecule has 0 rings (SSSR count). The van der Waals surface area contributed by atoms with E-state index in [2.05, 4.69) is 20.8 Å². The maximum Gasteiger partial charge on any atom is 0.126 e. The number of unbranched alkanes of at least 4 members (excludes halogenated alkanes) is 6. The first-order valence-electron chi connectivity index (χ1n) is 9.28. The van der Waals surface area contributed by atoms with Gasteiger partial charge in [-0.05, 0) is 38.5 Å². The summed E-state index contributed by atoms with van der Waals surface area (Å²) in [7, 11) is 0. The van der Waals surface area contributed by atoms with E-state index in [4.69, 9.17) is 0 Å².